The predicted molar refractivity (Wildman–Crippen MR) is 65.3 cm³/mol. The first-order valence-electron chi connectivity index (χ1n) is 4.28. The first-order valence-corrected chi connectivity index (χ1v) is 5.42. The lowest BCUT2D eigenvalue weighted by molar-refractivity contribution is 1.03. The van der Waals surface area contributed by atoms with Gasteiger partial charge in [-0.25, -0.2) is 0 Å². The van der Waals surface area contributed by atoms with E-state index in [0.29, 0.717) is 15.6 Å². The Morgan fingerprint density at radius 3 is 2.44 bits per heavy atom. The lowest BCUT2D eigenvalue weighted by Crippen LogP contribution is -2.07. The van der Waals surface area contributed by atoms with Gasteiger partial charge in [-0.2, -0.15) is 5.10 Å². The summed E-state index contributed by atoms with van der Waals surface area (Å²) in [6.07, 6.45) is 0. The van der Waals surface area contributed by atoms with Crippen LogP contribution in [0.3, 0.4) is 0 Å². The molecular weight excluding hydrogens is 270 g/mol. The molecule has 0 spiro atoms. The largest absolute Gasteiger partial charge is 0.287 e. The van der Waals surface area contributed by atoms with E-state index >= 15 is 0 Å². The fraction of sp³-hybridized carbons (Fsp3) is 0. The van der Waals surface area contributed by atoms with E-state index in [4.69, 9.17) is 34.8 Å². The van der Waals surface area contributed by atoms with Crippen LogP contribution in [0, 0.1) is 0 Å². The molecule has 0 atom stereocenters. The molecule has 82 valence electrons. The normalized spacial score (nSPS) is 10.4. The van der Waals surface area contributed by atoms with Gasteiger partial charge in [0.1, 0.15) is 10.8 Å². The SMILES string of the molecule is O=c1cc(Cl)[nH]nc1-c1ccc(Cl)c(Cl)c1. The summed E-state index contributed by atoms with van der Waals surface area (Å²) >= 11 is 17.2. The molecule has 0 radical (unpaired) electrons. The monoisotopic (exact) mass is 274 g/mol. The molecule has 0 fully saturated rings. The van der Waals surface area contributed by atoms with Crippen LogP contribution in [0.1, 0.15) is 0 Å². The van der Waals surface area contributed by atoms with Gasteiger partial charge in [0.05, 0.1) is 10.0 Å². The maximum absolute atomic E-state index is 11.6. The molecule has 2 rings (SSSR count). The van der Waals surface area contributed by atoms with Gasteiger partial charge in [-0.05, 0) is 12.1 Å². The molecule has 0 aliphatic heterocycles. The Balaban J connectivity index is 2.59. The van der Waals surface area contributed by atoms with Crippen LogP contribution in [-0.2, 0) is 0 Å². The number of hydrogen-bond donors (Lipinski definition) is 1. The molecule has 0 saturated heterocycles. The van der Waals surface area contributed by atoms with Gasteiger partial charge in [0, 0.05) is 11.6 Å². The lowest BCUT2D eigenvalue weighted by Gasteiger charge is -2.01. The van der Waals surface area contributed by atoms with Crippen molar-refractivity contribution in [2.75, 3.05) is 0 Å². The van der Waals surface area contributed by atoms with E-state index in [0.717, 1.165) is 0 Å². The Bertz CT molecular complexity index is 595. The van der Waals surface area contributed by atoms with E-state index in [-0.39, 0.29) is 16.3 Å². The molecule has 0 aliphatic carbocycles. The second-order valence-corrected chi connectivity index (χ2v) is 4.28. The van der Waals surface area contributed by atoms with Crippen LogP contribution < -0.4 is 5.43 Å². The maximum Gasteiger partial charge on any atom is 0.209 e. The summed E-state index contributed by atoms with van der Waals surface area (Å²) in [5.41, 5.74) is 0.567. The van der Waals surface area contributed by atoms with Gasteiger partial charge in [-0.3, -0.25) is 9.89 Å². The zero-order valence-corrected chi connectivity index (χ0v) is 10.1. The summed E-state index contributed by atoms with van der Waals surface area (Å²) < 4.78 is 0. The molecule has 0 amide bonds. The molecule has 0 aliphatic rings. The summed E-state index contributed by atoms with van der Waals surface area (Å²) in [5, 5.41) is 7.35. The molecule has 1 aromatic heterocycles. The summed E-state index contributed by atoms with van der Waals surface area (Å²) in [7, 11) is 0. The van der Waals surface area contributed by atoms with Crippen molar-refractivity contribution < 1.29 is 0 Å². The molecule has 1 heterocycles. The summed E-state index contributed by atoms with van der Waals surface area (Å²) in [6.45, 7) is 0. The fourth-order valence-electron chi connectivity index (χ4n) is 1.23. The smallest absolute Gasteiger partial charge is 0.209 e. The minimum absolute atomic E-state index is 0.189. The van der Waals surface area contributed by atoms with E-state index in [1.165, 1.54) is 6.07 Å². The molecule has 0 bridgehead atoms. The first kappa shape index (κ1) is 11.5. The predicted octanol–water partition coefficient (Wildman–Crippen LogP) is 3.40. The Morgan fingerprint density at radius 2 is 1.81 bits per heavy atom. The summed E-state index contributed by atoms with van der Waals surface area (Å²) in [4.78, 5) is 11.6. The third-order valence-electron chi connectivity index (χ3n) is 1.96. The highest BCUT2D eigenvalue weighted by atomic mass is 35.5. The number of benzene rings is 1. The zero-order valence-electron chi connectivity index (χ0n) is 7.80. The van der Waals surface area contributed by atoms with Crippen LogP contribution >= 0.6 is 34.8 Å². The molecule has 3 nitrogen and oxygen atoms in total. The fourth-order valence-corrected chi connectivity index (χ4v) is 1.67. The third-order valence-corrected chi connectivity index (χ3v) is 2.89. The molecule has 16 heavy (non-hydrogen) atoms. The van der Waals surface area contributed by atoms with Crippen LogP contribution in [0.4, 0.5) is 0 Å². The van der Waals surface area contributed by atoms with Gasteiger partial charge in [0.15, 0.2) is 0 Å². The van der Waals surface area contributed by atoms with E-state index < -0.39 is 0 Å². The van der Waals surface area contributed by atoms with Crippen molar-refractivity contribution in [3.63, 3.8) is 0 Å². The van der Waals surface area contributed by atoms with E-state index in [1.54, 1.807) is 18.2 Å². The van der Waals surface area contributed by atoms with Crippen molar-refractivity contribution in [3.8, 4) is 11.3 Å². The second-order valence-electron chi connectivity index (χ2n) is 3.06. The van der Waals surface area contributed by atoms with Crippen LogP contribution in [-0.4, -0.2) is 10.2 Å². The average molecular weight is 276 g/mol. The second kappa shape index (κ2) is 4.45. The van der Waals surface area contributed by atoms with Crippen LogP contribution in [0.25, 0.3) is 11.3 Å². The summed E-state index contributed by atoms with van der Waals surface area (Å²) in [6, 6.07) is 6.11. The standard InChI is InChI=1S/C10H5Cl3N2O/c11-6-2-1-5(3-7(6)12)10-8(16)4-9(13)14-15-10/h1-4H,(H,14,16). The van der Waals surface area contributed by atoms with Crippen molar-refractivity contribution in [3.05, 3.63) is 49.7 Å². The first-order chi connectivity index (χ1) is 7.58. The number of nitrogens with one attached hydrogen (secondary N) is 1. The molecule has 1 N–H and O–H groups in total. The topological polar surface area (TPSA) is 45.8 Å². The highest BCUT2D eigenvalue weighted by Gasteiger charge is 2.07. The Morgan fingerprint density at radius 1 is 1.06 bits per heavy atom. The minimum atomic E-state index is -0.276. The molecule has 2 aromatic rings. The van der Waals surface area contributed by atoms with Crippen molar-refractivity contribution >= 4 is 34.8 Å². The van der Waals surface area contributed by atoms with Gasteiger partial charge in [-0.1, -0.05) is 40.9 Å². The number of aromatic nitrogens is 2. The Labute approximate surface area is 106 Å². The van der Waals surface area contributed by atoms with Gasteiger partial charge in [0.25, 0.3) is 0 Å². The number of rotatable bonds is 1. The van der Waals surface area contributed by atoms with Gasteiger partial charge >= 0.3 is 0 Å². The molecule has 0 saturated carbocycles. The molecule has 6 heteroatoms. The lowest BCUT2D eigenvalue weighted by atomic mass is 10.1. The van der Waals surface area contributed by atoms with Crippen molar-refractivity contribution in [2.45, 2.75) is 0 Å². The van der Waals surface area contributed by atoms with Gasteiger partial charge < -0.3 is 0 Å². The number of H-pyrrole nitrogens is 1. The Hall–Kier alpha value is -1.03. The summed E-state index contributed by atoms with van der Waals surface area (Å²) in [5.74, 6) is 0. The van der Waals surface area contributed by atoms with Crippen molar-refractivity contribution in [1.82, 2.24) is 10.2 Å². The van der Waals surface area contributed by atoms with Crippen LogP contribution in [0.15, 0.2) is 29.1 Å². The van der Waals surface area contributed by atoms with E-state index in [1.807, 2.05) is 0 Å². The number of aromatic amines is 1. The van der Waals surface area contributed by atoms with Gasteiger partial charge in [0.2, 0.25) is 5.43 Å². The molecular formula is C10H5Cl3N2O. The number of nitrogens with zero attached hydrogens (tertiary/aromatic N) is 1. The highest BCUT2D eigenvalue weighted by Crippen LogP contribution is 2.26. The number of hydrogen-bond acceptors (Lipinski definition) is 2. The highest BCUT2D eigenvalue weighted by molar-refractivity contribution is 6.42. The minimum Gasteiger partial charge on any atom is -0.287 e. The zero-order chi connectivity index (χ0) is 11.7. The van der Waals surface area contributed by atoms with Crippen LogP contribution in [0.5, 0.6) is 0 Å². The number of halogens is 3. The third kappa shape index (κ3) is 2.21. The van der Waals surface area contributed by atoms with E-state index in [9.17, 15) is 4.79 Å². The van der Waals surface area contributed by atoms with Crippen LogP contribution in [0.2, 0.25) is 15.2 Å². The van der Waals surface area contributed by atoms with Gasteiger partial charge in [-0.15, -0.1) is 0 Å². The van der Waals surface area contributed by atoms with E-state index in [2.05, 4.69) is 10.2 Å². The Kier molecular flexibility index (Phi) is 3.19. The quantitative estimate of drug-likeness (QED) is 0.867. The van der Waals surface area contributed by atoms with Crippen molar-refractivity contribution in [1.29, 1.82) is 0 Å². The average Bonchev–Trinajstić information content (AvgIpc) is 2.22. The molecule has 1 aromatic carbocycles. The van der Waals surface area contributed by atoms with Crippen molar-refractivity contribution in [2.24, 2.45) is 0 Å². The maximum atomic E-state index is 11.6. The molecule has 0 unspecified atom stereocenters.